The van der Waals surface area contributed by atoms with E-state index in [1.165, 1.54) is 23.5 Å². The molecule has 4 N–H and O–H groups in total. The number of rotatable bonds is 11. The minimum atomic E-state index is -1.36. The van der Waals surface area contributed by atoms with Gasteiger partial charge in [-0.3, -0.25) is 14.9 Å². The molecule has 1 amide bonds. The van der Waals surface area contributed by atoms with Crippen molar-refractivity contribution in [2.24, 2.45) is 0 Å². The van der Waals surface area contributed by atoms with Crippen LogP contribution in [0.5, 0.6) is 5.75 Å². The number of carboxylic acids is 1. The van der Waals surface area contributed by atoms with Gasteiger partial charge in [-0.1, -0.05) is 18.2 Å². The second-order valence-electron chi connectivity index (χ2n) is 6.59. The number of aryl methyl sites for hydroxylation is 1. The lowest BCUT2D eigenvalue weighted by atomic mass is 10.1. The predicted molar refractivity (Wildman–Crippen MR) is 108 cm³/mol. The van der Waals surface area contributed by atoms with E-state index in [1.54, 1.807) is 20.1 Å². The fourth-order valence-electron chi connectivity index (χ4n) is 2.80. The molecule has 0 heterocycles. The summed E-state index contributed by atoms with van der Waals surface area (Å²) in [6.45, 7) is 2.50. The number of nitrogens with zero attached hydrogens (tertiary/aromatic N) is 1. The molecule has 0 saturated heterocycles. The zero-order valence-corrected chi connectivity index (χ0v) is 16.7. The number of carbonyl (C=O) groups excluding carboxylic acids is 2. The number of hydrogen-bond acceptors (Lipinski definition) is 7. The Hall–Kier alpha value is -3.66. The van der Waals surface area contributed by atoms with E-state index in [9.17, 15) is 24.8 Å². The van der Waals surface area contributed by atoms with Crippen LogP contribution < -0.4 is 25.8 Å². The molecule has 160 valence electrons. The molecule has 0 saturated carbocycles. The maximum atomic E-state index is 12.3. The Kier molecular flexibility index (Phi) is 8.12. The van der Waals surface area contributed by atoms with E-state index in [4.69, 9.17) is 4.74 Å². The summed E-state index contributed by atoms with van der Waals surface area (Å²) in [4.78, 5) is 34.0. The highest BCUT2D eigenvalue weighted by Gasteiger charge is 2.19. The minimum Gasteiger partial charge on any atom is -0.544 e. The van der Waals surface area contributed by atoms with Crippen molar-refractivity contribution in [1.29, 1.82) is 0 Å². The van der Waals surface area contributed by atoms with E-state index in [-0.39, 0.29) is 17.8 Å². The Labute approximate surface area is 173 Å². The van der Waals surface area contributed by atoms with Crippen molar-refractivity contribution in [3.05, 3.63) is 58.1 Å². The maximum absolute atomic E-state index is 12.3. The Morgan fingerprint density at radius 3 is 2.60 bits per heavy atom. The van der Waals surface area contributed by atoms with Crippen molar-refractivity contribution in [2.45, 2.75) is 19.4 Å². The summed E-state index contributed by atoms with van der Waals surface area (Å²) in [7, 11) is 1.56. The van der Waals surface area contributed by atoms with Crippen molar-refractivity contribution in [2.75, 3.05) is 30.8 Å². The Balaban J connectivity index is 1.89. The van der Waals surface area contributed by atoms with Crippen LogP contribution in [0.15, 0.2) is 42.5 Å². The van der Waals surface area contributed by atoms with Crippen LogP contribution in [0.3, 0.4) is 0 Å². The summed E-state index contributed by atoms with van der Waals surface area (Å²) < 4.78 is 5.23. The van der Waals surface area contributed by atoms with Gasteiger partial charge in [0.05, 0.1) is 48.9 Å². The molecule has 0 fully saturated rings. The monoisotopic (exact) mass is 416 g/mol. The molecule has 0 aliphatic heterocycles. The third kappa shape index (κ3) is 6.45. The molecule has 10 nitrogen and oxygen atoms in total. The van der Waals surface area contributed by atoms with Crippen molar-refractivity contribution in [3.63, 3.8) is 0 Å². The fourth-order valence-corrected chi connectivity index (χ4v) is 2.80. The molecule has 0 bridgehead atoms. The first-order valence-electron chi connectivity index (χ1n) is 9.27. The van der Waals surface area contributed by atoms with E-state index < -0.39 is 22.8 Å². The van der Waals surface area contributed by atoms with Gasteiger partial charge in [0.2, 0.25) is 5.91 Å². The van der Waals surface area contributed by atoms with Gasteiger partial charge in [-0.15, -0.1) is 0 Å². The molecule has 0 unspecified atom stereocenters. The normalized spacial score (nSPS) is 11.4. The van der Waals surface area contributed by atoms with E-state index >= 15 is 0 Å². The quantitative estimate of drug-likeness (QED) is 0.266. The number of quaternary nitrogens is 1. The fraction of sp³-hybridized carbons (Fsp3) is 0.300. The number of ether oxygens (including phenoxy) is 1. The summed E-state index contributed by atoms with van der Waals surface area (Å²) >= 11 is 0. The first kappa shape index (κ1) is 22.6. The molecule has 0 aliphatic rings. The average molecular weight is 416 g/mol. The summed E-state index contributed by atoms with van der Waals surface area (Å²) in [5.41, 5.74) is 1.51. The zero-order valence-electron chi connectivity index (χ0n) is 16.7. The molecule has 30 heavy (non-hydrogen) atoms. The SMILES string of the molecule is COc1ccccc1NCC[NH2+][C@@H](CC(=O)Nc1cc([N+](=O)[O-])ccc1C)C(=O)[O-]. The van der Waals surface area contributed by atoms with E-state index in [0.717, 1.165) is 5.69 Å². The lowest BCUT2D eigenvalue weighted by Gasteiger charge is -2.17. The summed E-state index contributed by atoms with van der Waals surface area (Å²) in [5, 5.41) is 29.5. The molecule has 2 rings (SSSR count). The smallest absolute Gasteiger partial charge is 0.271 e. The van der Waals surface area contributed by atoms with Crippen LogP contribution in [0.2, 0.25) is 0 Å². The summed E-state index contributed by atoms with van der Waals surface area (Å²) in [6, 6.07) is 10.3. The first-order chi connectivity index (χ1) is 14.3. The summed E-state index contributed by atoms with van der Waals surface area (Å²) in [6.07, 6.45) is -0.334. The third-order valence-electron chi connectivity index (χ3n) is 4.43. The van der Waals surface area contributed by atoms with Crippen LogP contribution in [-0.4, -0.2) is 43.0 Å². The molecular formula is C20H24N4O6. The van der Waals surface area contributed by atoms with Crippen LogP contribution in [-0.2, 0) is 9.59 Å². The molecule has 10 heteroatoms. The van der Waals surface area contributed by atoms with Gasteiger partial charge in [0.1, 0.15) is 11.8 Å². The van der Waals surface area contributed by atoms with E-state index in [1.807, 2.05) is 18.2 Å². The van der Waals surface area contributed by atoms with Crippen molar-refractivity contribution < 1.29 is 29.7 Å². The molecule has 0 aliphatic carbocycles. The molecular weight excluding hydrogens is 392 g/mol. The number of nitro benzene ring substituents is 1. The van der Waals surface area contributed by atoms with E-state index in [0.29, 0.717) is 24.4 Å². The van der Waals surface area contributed by atoms with E-state index in [2.05, 4.69) is 10.6 Å². The number of hydrogen-bond donors (Lipinski definition) is 3. The minimum absolute atomic E-state index is 0.165. The number of non-ortho nitro benzene ring substituents is 1. The molecule has 0 aromatic heterocycles. The molecule has 1 atom stereocenters. The van der Waals surface area contributed by atoms with Gasteiger partial charge in [-0.25, -0.2) is 0 Å². The largest absolute Gasteiger partial charge is 0.544 e. The first-order valence-corrected chi connectivity index (χ1v) is 9.27. The number of amides is 1. The number of nitro groups is 1. The van der Waals surface area contributed by atoms with Crippen molar-refractivity contribution >= 4 is 28.9 Å². The number of para-hydroxylation sites is 2. The van der Waals surface area contributed by atoms with Crippen LogP contribution >= 0.6 is 0 Å². The van der Waals surface area contributed by atoms with Crippen molar-refractivity contribution in [3.8, 4) is 5.75 Å². The standard InChI is InChI=1S/C20H24N4O6/c1-13-7-8-14(24(28)29)11-16(13)23-19(25)12-17(20(26)27)22-10-9-21-15-5-3-4-6-18(15)30-2/h3-8,11,17,21-22H,9-10,12H2,1-2H3,(H,23,25)(H,26,27)/t17-/m0/s1. The van der Waals surface area contributed by atoms with Gasteiger partial charge in [0, 0.05) is 12.1 Å². The van der Waals surface area contributed by atoms with Crippen molar-refractivity contribution in [1.82, 2.24) is 0 Å². The van der Waals surface area contributed by atoms with Gasteiger partial charge in [0.15, 0.2) is 0 Å². The zero-order chi connectivity index (χ0) is 22.1. The number of carbonyl (C=O) groups is 2. The van der Waals surface area contributed by atoms with Gasteiger partial charge in [-0.2, -0.15) is 0 Å². The number of anilines is 2. The highest BCUT2D eigenvalue weighted by atomic mass is 16.6. The second kappa shape index (κ2) is 10.8. The molecule has 0 spiro atoms. The number of nitrogens with two attached hydrogens (primary N) is 1. The number of methoxy groups -OCH3 is 1. The lowest BCUT2D eigenvalue weighted by Crippen LogP contribution is -2.94. The third-order valence-corrected chi connectivity index (χ3v) is 4.43. The molecule has 2 aromatic carbocycles. The average Bonchev–Trinajstić information content (AvgIpc) is 2.71. The highest BCUT2D eigenvalue weighted by Crippen LogP contribution is 2.23. The predicted octanol–water partition coefficient (Wildman–Crippen LogP) is 0.0344. The Bertz CT molecular complexity index is 918. The lowest BCUT2D eigenvalue weighted by molar-refractivity contribution is -0.680. The van der Waals surface area contributed by atoms with Gasteiger partial charge in [-0.05, 0) is 24.6 Å². The number of carboxylic acid groups (broad SMARTS) is 1. The topological polar surface area (TPSA) is 150 Å². The van der Waals surface area contributed by atoms with Crippen LogP contribution in [0, 0.1) is 17.0 Å². The van der Waals surface area contributed by atoms with Crippen LogP contribution in [0.25, 0.3) is 0 Å². The number of benzene rings is 2. The number of aliphatic carboxylic acids is 1. The van der Waals surface area contributed by atoms with Crippen LogP contribution in [0.4, 0.5) is 17.1 Å². The Morgan fingerprint density at radius 1 is 1.20 bits per heavy atom. The second-order valence-corrected chi connectivity index (χ2v) is 6.59. The molecule has 0 radical (unpaired) electrons. The van der Waals surface area contributed by atoms with Gasteiger partial charge in [0.25, 0.3) is 5.69 Å². The highest BCUT2D eigenvalue weighted by molar-refractivity contribution is 5.94. The van der Waals surface area contributed by atoms with Gasteiger partial charge < -0.3 is 30.6 Å². The Morgan fingerprint density at radius 2 is 1.93 bits per heavy atom. The maximum Gasteiger partial charge on any atom is 0.271 e. The van der Waals surface area contributed by atoms with Crippen LogP contribution in [0.1, 0.15) is 12.0 Å². The number of nitrogens with one attached hydrogen (secondary N) is 2. The van der Waals surface area contributed by atoms with Gasteiger partial charge >= 0.3 is 0 Å². The summed E-state index contributed by atoms with van der Waals surface area (Å²) in [5.74, 6) is -1.26. The molecule has 2 aromatic rings.